The Bertz CT molecular complexity index is 1270. The third kappa shape index (κ3) is 2.88. The van der Waals surface area contributed by atoms with E-state index in [9.17, 15) is 0 Å². The molecule has 28 heavy (non-hydrogen) atoms. The van der Waals surface area contributed by atoms with Crippen molar-refractivity contribution in [2.75, 3.05) is 0 Å². The van der Waals surface area contributed by atoms with E-state index in [2.05, 4.69) is 104 Å². The molecule has 0 bridgehead atoms. The number of fused-ring (bicyclic) bond motifs is 4. The van der Waals surface area contributed by atoms with Crippen LogP contribution in [0.1, 0.15) is 30.9 Å². The summed E-state index contributed by atoms with van der Waals surface area (Å²) in [5, 5.41) is 5.33. The van der Waals surface area contributed by atoms with Crippen molar-refractivity contribution in [2.45, 2.75) is 26.2 Å². The fourth-order valence-electron chi connectivity index (χ4n) is 4.56. The first-order valence-electron chi connectivity index (χ1n) is 10.2. The minimum absolute atomic E-state index is 0.493. The van der Waals surface area contributed by atoms with Crippen LogP contribution in [0.15, 0.2) is 84.9 Å². The molecule has 0 aliphatic rings. The first kappa shape index (κ1) is 17.1. The Labute approximate surface area is 166 Å². The number of hydrogen-bond acceptors (Lipinski definition) is 0. The lowest BCUT2D eigenvalue weighted by atomic mass is 9.81. The molecule has 0 saturated carbocycles. The molecule has 4 aromatic carbocycles. The molecule has 0 radical (unpaired) electrons. The number of benzene rings is 4. The summed E-state index contributed by atoms with van der Waals surface area (Å²) in [6.07, 6.45) is 1.05. The smallest absolute Gasteiger partial charge is 0.0467 e. The van der Waals surface area contributed by atoms with Crippen LogP contribution in [0.4, 0.5) is 0 Å². The molecule has 1 nitrogen and oxygen atoms in total. The first-order valence-corrected chi connectivity index (χ1v) is 10.2. The summed E-state index contributed by atoms with van der Waals surface area (Å²) in [4.78, 5) is 3.59. The molecule has 1 aromatic heterocycles. The maximum absolute atomic E-state index is 3.59. The summed E-state index contributed by atoms with van der Waals surface area (Å²) in [6, 6.07) is 31.0. The van der Waals surface area contributed by atoms with Crippen LogP contribution in [-0.4, -0.2) is 4.98 Å². The second-order valence-corrected chi connectivity index (χ2v) is 8.17. The molecule has 0 amide bonds. The number of H-pyrrole nitrogens is 1. The highest BCUT2D eigenvalue weighted by molar-refractivity contribution is 6.07. The van der Waals surface area contributed by atoms with Gasteiger partial charge in [-0.1, -0.05) is 86.6 Å². The highest BCUT2D eigenvalue weighted by atomic mass is 14.7. The van der Waals surface area contributed by atoms with Gasteiger partial charge in [-0.3, -0.25) is 0 Å². The van der Waals surface area contributed by atoms with Crippen LogP contribution < -0.4 is 0 Å². The molecule has 1 N–H and O–H groups in total. The zero-order chi connectivity index (χ0) is 19.1. The number of para-hydroxylation sites is 1. The molecule has 0 fully saturated rings. The monoisotopic (exact) mass is 363 g/mol. The molecule has 0 aliphatic heterocycles. The number of aromatic amines is 1. The van der Waals surface area contributed by atoms with Gasteiger partial charge in [-0.25, -0.2) is 0 Å². The van der Waals surface area contributed by atoms with E-state index in [1.165, 1.54) is 43.7 Å². The van der Waals surface area contributed by atoms with E-state index in [0.29, 0.717) is 11.8 Å². The van der Waals surface area contributed by atoms with Crippen LogP contribution in [-0.2, 0) is 6.42 Å². The minimum atomic E-state index is 0.493. The SMILES string of the molecule is CC(C)C(Cc1ccc2c(c1)[nH]c1ccccc12)c1cccc2ccccc12. The molecule has 1 unspecified atom stereocenters. The van der Waals surface area contributed by atoms with E-state index >= 15 is 0 Å². The Morgan fingerprint density at radius 1 is 0.679 bits per heavy atom. The minimum Gasteiger partial charge on any atom is -0.355 e. The van der Waals surface area contributed by atoms with Crippen molar-refractivity contribution in [3.8, 4) is 0 Å². The van der Waals surface area contributed by atoms with Gasteiger partial charge in [0.25, 0.3) is 0 Å². The number of rotatable bonds is 4. The summed E-state index contributed by atoms with van der Waals surface area (Å²) in [7, 11) is 0. The van der Waals surface area contributed by atoms with Crippen molar-refractivity contribution in [2.24, 2.45) is 5.92 Å². The topological polar surface area (TPSA) is 15.8 Å². The Balaban J connectivity index is 1.57. The van der Waals surface area contributed by atoms with Crippen LogP contribution >= 0.6 is 0 Å². The lowest BCUT2D eigenvalue weighted by Crippen LogP contribution is -2.10. The maximum atomic E-state index is 3.59. The fourth-order valence-corrected chi connectivity index (χ4v) is 4.56. The zero-order valence-corrected chi connectivity index (χ0v) is 16.4. The molecular formula is C27H25N. The second kappa shape index (κ2) is 6.83. The summed E-state index contributed by atoms with van der Waals surface area (Å²) in [6.45, 7) is 4.68. The van der Waals surface area contributed by atoms with E-state index < -0.39 is 0 Å². The van der Waals surface area contributed by atoms with Crippen LogP contribution in [0, 0.1) is 5.92 Å². The molecule has 0 saturated heterocycles. The lowest BCUT2D eigenvalue weighted by molar-refractivity contribution is 0.498. The average molecular weight is 364 g/mol. The summed E-state index contributed by atoms with van der Waals surface area (Å²) >= 11 is 0. The van der Waals surface area contributed by atoms with Gasteiger partial charge in [0.1, 0.15) is 0 Å². The van der Waals surface area contributed by atoms with Gasteiger partial charge in [0.2, 0.25) is 0 Å². The summed E-state index contributed by atoms with van der Waals surface area (Å²) in [5.74, 6) is 1.07. The van der Waals surface area contributed by atoms with E-state index in [1.54, 1.807) is 0 Å². The van der Waals surface area contributed by atoms with Crippen LogP contribution in [0.25, 0.3) is 32.6 Å². The second-order valence-electron chi connectivity index (χ2n) is 8.17. The van der Waals surface area contributed by atoms with Crippen molar-refractivity contribution < 1.29 is 0 Å². The number of aromatic nitrogens is 1. The van der Waals surface area contributed by atoms with Crippen molar-refractivity contribution in [3.63, 3.8) is 0 Å². The van der Waals surface area contributed by atoms with Crippen LogP contribution in [0.3, 0.4) is 0 Å². The standard InChI is InChI=1S/C27H25N/c1-18(2)25(22-12-7-9-20-8-3-4-10-21(20)22)16-19-14-15-24-23-11-5-6-13-26(23)28-27(24)17-19/h3-15,17-18,25,28H,16H2,1-2H3. The Hall–Kier alpha value is -3.06. The van der Waals surface area contributed by atoms with Crippen molar-refractivity contribution >= 4 is 32.6 Å². The normalized spacial score (nSPS) is 13.0. The predicted octanol–water partition coefficient (Wildman–Crippen LogP) is 7.46. The van der Waals surface area contributed by atoms with Gasteiger partial charge in [0.05, 0.1) is 0 Å². The predicted molar refractivity (Wildman–Crippen MR) is 121 cm³/mol. The zero-order valence-electron chi connectivity index (χ0n) is 16.4. The Morgan fingerprint density at radius 2 is 1.39 bits per heavy atom. The van der Waals surface area contributed by atoms with Crippen LogP contribution in [0.5, 0.6) is 0 Å². The van der Waals surface area contributed by atoms with Gasteiger partial charge < -0.3 is 4.98 Å². The maximum Gasteiger partial charge on any atom is 0.0467 e. The summed E-state index contributed by atoms with van der Waals surface area (Å²) in [5.41, 5.74) is 5.30. The van der Waals surface area contributed by atoms with Crippen molar-refractivity contribution in [1.82, 2.24) is 4.98 Å². The van der Waals surface area contributed by atoms with Gasteiger partial charge in [-0.05, 0) is 52.3 Å². The molecular weight excluding hydrogens is 338 g/mol. The average Bonchev–Trinajstić information content (AvgIpc) is 3.09. The largest absolute Gasteiger partial charge is 0.355 e. The Morgan fingerprint density at radius 3 is 2.25 bits per heavy atom. The third-order valence-electron chi connectivity index (χ3n) is 6.05. The van der Waals surface area contributed by atoms with E-state index in [1.807, 2.05) is 0 Å². The third-order valence-corrected chi connectivity index (χ3v) is 6.05. The highest BCUT2D eigenvalue weighted by Crippen LogP contribution is 2.34. The van der Waals surface area contributed by atoms with Gasteiger partial charge in [-0.15, -0.1) is 0 Å². The molecule has 1 atom stereocenters. The highest BCUT2D eigenvalue weighted by Gasteiger charge is 2.19. The van der Waals surface area contributed by atoms with Gasteiger partial charge >= 0.3 is 0 Å². The molecule has 1 heterocycles. The lowest BCUT2D eigenvalue weighted by Gasteiger charge is -2.23. The molecule has 0 spiro atoms. The van der Waals surface area contributed by atoms with Gasteiger partial charge in [0.15, 0.2) is 0 Å². The molecule has 138 valence electrons. The first-order chi connectivity index (χ1) is 13.7. The quantitative estimate of drug-likeness (QED) is 0.341. The van der Waals surface area contributed by atoms with Gasteiger partial charge in [0, 0.05) is 21.8 Å². The van der Waals surface area contributed by atoms with E-state index in [0.717, 1.165) is 6.42 Å². The summed E-state index contributed by atoms with van der Waals surface area (Å²) < 4.78 is 0. The van der Waals surface area contributed by atoms with Gasteiger partial charge in [-0.2, -0.15) is 0 Å². The molecule has 0 aliphatic carbocycles. The van der Waals surface area contributed by atoms with E-state index in [4.69, 9.17) is 0 Å². The van der Waals surface area contributed by atoms with E-state index in [-0.39, 0.29) is 0 Å². The van der Waals surface area contributed by atoms with Crippen molar-refractivity contribution in [3.05, 3.63) is 96.1 Å². The van der Waals surface area contributed by atoms with Crippen LogP contribution in [0.2, 0.25) is 0 Å². The van der Waals surface area contributed by atoms with Crippen molar-refractivity contribution in [1.29, 1.82) is 0 Å². The number of hydrogen-bond donors (Lipinski definition) is 1. The fraction of sp³-hybridized carbons (Fsp3) is 0.185. The number of nitrogens with one attached hydrogen (secondary N) is 1. The molecule has 5 aromatic rings. The Kier molecular flexibility index (Phi) is 4.16. The molecule has 1 heteroatoms. The molecule has 5 rings (SSSR count).